The van der Waals surface area contributed by atoms with Crippen LogP contribution >= 0.6 is 0 Å². The van der Waals surface area contributed by atoms with Crippen molar-refractivity contribution in [1.82, 2.24) is 19.8 Å². The fourth-order valence-electron chi connectivity index (χ4n) is 3.66. The second kappa shape index (κ2) is 5.72. The van der Waals surface area contributed by atoms with E-state index in [4.69, 9.17) is 14.6 Å². The molecule has 0 radical (unpaired) electrons. The molecule has 4 rings (SSSR count). The van der Waals surface area contributed by atoms with Crippen LogP contribution in [0.3, 0.4) is 0 Å². The van der Waals surface area contributed by atoms with Crippen molar-refractivity contribution in [2.45, 2.75) is 44.8 Å². The summed E-state index contributed by atoms with van der Waals surface area (Å²) in [6.07, 6.45) is 3.07. The number of hydrogen-bond acceptors (Lipinski definition) is 6. The second-order valence-electron chi connectivity index (χ2n) is 6.58. The van der Waals surface area contributed by atoms with Crippen LogP contribution in [0.5, 0.6) is 0 Å². The van der Waals surface area contributed by atoms with E-state index in [2.05, 4.69) is 28.9 Å². The van der Waals surface area contributed by atoms with Gasteiger partial charge in [0.15, 0.2) is 11.5 Å². The maximum atomic E-state index is 6.26. The van der Waals surface area contributed by atoms with Crippen LogP contribution in [0.2, 0.25) is 0 Å². The third kappa shape index (κ3) is 2.68. The van der Waals surface area contributed by atoms with Crippen LogP contribution in [-0.4, -0.2) is 57.8 Å². The highest BCUT2D eigenvalue weighted by Gasteiger charge is 2.41. The van der Waals surface area contributed by atoms with E-state index in [1.807, 2.05) is 16.6 Å². The van der Waals surface area contributed by atoms with Gasteiger partial charge in [0.1, 0.15) is 11.4 Å². The van der Waals surface area contributed by atoms with E-state index < -0.39 is 0 Å². The highest BCUT2D eigenvalue weighted by Crippen LogP contribution is 2.31. The highest BCUT2D eigenvalue weighted by molar-refractivity contribution is 5.46. The minimum Gasteiger partial charge on any atom is -0.378 e. The van der Waals surface area contributed by atoms with Gasteiger partial charge in [0.05, 0.1) is 19.3 Å². The van der Waals surface area contributed by atoms with Gasteiger partial charge in [0.25, 0.3) is 0 Å². The van der Waals surface area contributed by atoms with Gasteiger partial charge >= 0.3 is 0 Å². The van der Waals surface area contributed by atoms with E-state index in [1.54, 1.807) is 0 Å². The van der Waals surface area contributed by atoms with Crippen LogP contribution in [0.1, 0.15) is 32.5 Å². The molecule has 0 saturated carbocycles. The molecule has 0 N–H and O–H groups in total. The maximum Gasteiger partial charge on any atom is 0.178 e. The number of fused-ring (bicyclic) bond motifs is 1. The van der Waals surface area contributed by atoms with Crippen molar-refractivity contribution in [3.8, 4) is 0 Å². The average molecular weight is 317 g/mol. The topological polar surface area (TPSA) is 64.8 Å². The molecule has 2 aliphatic rings. The van der Waals surface area contributed by atoms with E-state index in [1.165, 1.54) is 0 Å². The number of morpholine rings is 1. The molecular weight excluding hydrogens is 294 g/mol. The zero-order chi connectivity index (χ0) is 15.9. The van der Waals surface area contributed by atoms with Crippen molar-refractivity contribution in [2.24, 2.45) is 0 Å². The zero-order valence-electron chi connectivity index (χ0n) is 13.7. The molecule has 1 spiro atoms. The summed E-state index contributed by atoms with van der Waals surface area (Å²) >= 11 is 0. The monoisotopic (exact) mass is 317 g/mol. The normalized spacial score (nSPS) is 28.6. The zero-order valence-corrected chi connectivity index (χ0v) is 13.7. The largest absolute Gasteiger partial charge is 0.378 e. The Hall–Kier alpha value is -1.73. The molecule has 0 aromatic carbocycles. The van der Waals surface area contributed by atoms with Crippen LogP contribution in [0, 0.1) is 0 Å². The lowest BCUT2D eigenvalue weighted by molar-refractivity contribution is -0.160. The summed E-state index contributed by atoms with van der Waals surface area (Å²) in [7, 11) is 0. The first-order valence-electron chi connectivity index (χ1n) is 8.41. The van der Waals surface area contributed by atoms with Crippen molar-refractivity contribution in [3.63, 3.8) is 0 Å². The molecule has 23 heavy (non-hydrogen) atoms. The van der Waals surface area contributed by atoms with Crippen LogP contribution in [0.4, 0.5) is 5.82 Å². The Morgan fingerprint density at radius 1 is 1.35 bits per heavy atom. The number of rotatable bonds is 2. The fourth-order valence-corrected chi connectivity index (χ4v) is 3.66. The smallest absolute Gasteiger partial charge is 0.178 e. The van der Waals surface area contributed by atoms with Gasteiger partial charge in [0, 0.05) is 19.6 Å². The van der Waals surface area contributed by atoms with E-state index >= 15 is 0 Å². The lowest BCUT2D eigenvalue weighted by Gasteiger charge is -2.47. The first kappa shape index (κ1) is 14.8. The van der Waals surface area contributed by atoms with Crippen LogP contribution in [0.25, 0.3) is 5.65 Å². The van der Waals surface area contributed by atoms with Gasteiger partial charge in [0.2, 0.25) is 0 Å². The molecular formula is C16H23N5O2. The van der Waals surface area contributed by atoms with Crippen LogP contribution in [0.15, 0.2) is 12.1 Å². The van der Waals surface area contributed by atoms with Crippen molar-refractivity contribution < 1.29 is 9.47 Å². The van der Waals surface area contributed by atoms with Crippen LogP contribution < -0.4 is 4.90 Å². The maximum absolute atomic E-state index is 6.26. The fraction of sp³-hybridized carbons (Fsp3) is 0.688. The second-order valence-corrected chi connectivity index (χ2v) is 6.58. The Bertz CT molecular complexity index is 695. The molecule has 0 aliphatic carbocycles. The summed E-state index contributed by atoms with van der Waals surface area (Å²) in [6, 6.07) is 4.01. The molecule has 0 amide bonds. The summed E-state index contributed by atoms with van der Waals surface area (Å²) in [4.78, 5) is 2.31. The Morgan fingerprint density at radius 2 is 2.26 bits per heavy atom. The first-order chi connectivity index (χ1) is 11.2. The molecule has 2 fully saturated rings. The Morgan fingerprint density at radius 3 is 3.04 bits per heavy atom. The molecule has 4 heterocycles. The van der Waals surface area contributed by atoms with Gasteiger partial charge < -0.3 is 14.4 Å². The number of anilines is 1. The minimum atomic E-state index is -0.201. The molecule has 2 aliphatic heterocycles. The Labute approximate surface area is 135 Å². The SMILES string of the molecule is CCc1nnc2ccc(N3C[C@H](C)O[C@]4(CCCOC4)C3)nn12. The third-order valence-corrected chi connectivity index (χ3v) is 4.65. The van der Waals surface area contributed by atoms with Crippen LogP contribution in [-0.2, 0) is 15.9 Å². The summed E-state index contributed by atoms with van der Waals surface area (Å²) in [5, 5.41) is 13.1. The van der Waals surface area contributed by atoms with Gasteiger partial charge in [-0.3, -0.25) is 0 Å². The molecule has 0 bridgehead atoms. The Kier molecular flexibility index (Phi) is 3.69. The molecule has 7 nitrogen and oxygen atoms in total. The minimum absolute atomic E-state index is 0.162. The summed E-state index contributed by atoms with van der Waals surface area (Å²) in [6.45, 7) is 7.35. The summed E-state index contributed by atoms with van der Waals surface area (Å²) in [5.74, 6) is 1.84. The predicted octanol–water partition coefficient (Wildman–Crippen LogP) is 1.46. The number of ether oxygens (including phenoxy) is 2. The van der Waals surface area contributed by atoms with Gasteiger partial charge in [-0.2, -0.15) is 4.52 Å². The third-order valence-electron chi connectivity index (χ3n) is 4.65. The first-order valence-corrected chi connectivity index (χ1v) is 8.41. The molecule has 2 aromatic heterocycles. The van der Waals surface area contributed by atoms with E-state index in [0.29, 0.717) is 6.61 Å². The molecule has 0 unspecified atom stereocenters. The lowest BCUT2D eigenvalue weighted by Crippen LogP contribution is -2.59. The molecule has 124 valence electrons. The van der Waals surface area contributed by atoms with E-state index in [0.717, 1.165) is 56.2 Å². The van der Waals surface area contributed by atoms with Gasteiger partial charge in [-0.05, 0) is 31.9 Å². The van der Waals surface area contributed by atoms with Crippen molar-refractivity contribution in [1.29, 1.82) is 0 Å². The van der Waals surface area contributed by atoms with E-state index in [-0.39, 0.29) is 11.7 Å². The number of nitrogens with zero attached hydrogens (tertiary/aromatic N) is 5. The average Bonchev–Trinajstić information content (AvgIpc) is 2.97. The molecule has 2 aromatic rings. The number of hydrogen-bond donors (Lipinski definition) is 0. The van der Waals surface area contributed by atoms with Crippen molar-refractivity contribution in [3.05, 3.63) is 18.0 Å². The van der Waals surface area contributed by atoms with Crippen molar-refractivity contribution in [2.75, 3.05) is 31.2 Å². The van der Waals surface area contributed by atoms with Gasteiger partial charge in [-0.1, -0.05) is 6.92 Å². The summed E-state index contributed by atoms with van der Waals surface area (Å²) < 4.78 is 13.8. The number of aromatic nitrogens is 4. The predicted molar refractivity (Wildman–Crippen MR) is 85.7 cm³/mol. The molecule has 2 atom stereocenters. The standard InChI is InChI=1S/C16H23N5O2/c1-3-13-17-18-14-5-6-15(19-21(13)14)20-9-12(2)23-16(10-20)7-4-8-22-11-16/h5-6,12H,3-4,7-11H2,1-2H3/t12-,16+/m0/s1. The lowest BCUT2D eigenvalue weighted by atomic mass is 9.93. The highest BCUT2D eigenvalue weighted by atomic mass is 16.6. The van der Waals surface area contributed by atoms with Crippen molar-refractivity contribution >= 4 is 11.5 Å². The van der Waals surface area contributed by atoms with Gasteiger partial charge in [-0.15, -0.1) is 15.3 Å². The Balaban J connectivity index is 1.65. The molecule has 2 saturated heterocycles. The number of aryl methyl sites for hydroxylation is 1. The van der Waals surface area contributed by atoms with Gasteiger partial charge in [-0.25, -0.2) is 0 Å². The quantitative estimate of drug-likeness (QED) is 0.835. The summed E-state index contributed by atoms with van der Waals surface area (Å²) in [5.41, 5.74) is 0.593. The molecule has 7 heteroatoms. The van der Waals surface area contributed by atoms with E-state index in [9.17, 15) is 0 Å².